The van der Waals surface area contributed by atoms with Gasteiger partial charge in [-0.05, 0) is 22.9 Å². The Hall–Kier alpha value is -0.280. The third-order valence-electron chi connectivity index (χ3n) is 1.20. The minimum Gasteiger partial charge on any atom is -0.354 e. The summed E-state index contributed by atoms with van der Waals surface area (Å²) in [5.74, 6) is 0. The molecule has 0 radical (unpaired) electrons. The van der Waals surface area contributed by atoms with Gasteiger partial charge >= 0.3 is 0 Å². The number of hydrogen-bond acceptors (Lipinski definition) is 1. The van der Waals surface area contributed by atoms with Crippen molar-refractivity contribution >= 4 is 33.8 Å². The molecule has 1 aromatic rings. The highest BCUT2D eigenvalue weighted by atomic mass is 79.9. The van der Waals surface area contributed by atoms with Gasteiger partial charge in [-0.15, -0.1) is 0 Å². The van der Waals surface area contributed by atoms with Crippen LogP contribution >= 0.6 is 27.5 Å². The molecule has 1 aromatic heterocycles. The zero-order valence-electron chi connectivity index (χ0n) is 5.24. The lowest BCUT2D eigenvalue weighted by molar-refractivity contribution is 0.111. The second-order valence-corrected chi connectivity index (χ2v) is 3.08. The van der Waals surface area contributed by atoms with E-state index in [0.717, 1.165) is 12.0 Å². The number of nitrogens with one attached hydrogen (secondary N) is 1. The molecule has 0 aliphatic carbocycles. The highest BCUT2D eigenvalue weighted by Gasteiger charge is 2.08. The van der Waals surface area contributed by atoms with Gasteiger partial charge in [-0.3, -0.25) is 4.79 Å². The fraction of sp³-hybridized carbons (Fsp3) is 0.167. The van der Waals surface area contributed by atoms with Crippen LogP contribution in [0.4, 0.5) is 0 Å². The number of aromatic nitrogens is 1. The van der Waals surface area contributed by atoms with Gasteiger partial charge in [-0.2, -0.15) is 0 Å². The van der Waals surface area contributed by atoms with E-state index >= 15 is 0 Å². The Labute approximate surface area is 71.7 Å². The topological polar surface area (TPSA) is 32.9 Å². The SMILES string of the molecule is Cc1[nH]c(C=O)c(Br)c1Cl. The van der Waals surface area contributed by atoms with E-state index in [0.29, 0.717) is 15.2 Å². The van der Waals surface area contributed by atoms with E-state index in [9.17, 15) is 4.79 Å². The number of rotatable bonds is 1. The zero-order valence-corrected chi connectivity index (χ0v) is 7.58. The van der Waals surface area contributed by atoms with E-state index in [4.69, 9.17) is 11.6 Å². The van der Waals surface area contributed by atoms with Gasteiger partial charge in [0, 0.05) is 5.69 Å². The number of aromatic amines is 1. The average Bonchev–Trinajstić information content (AvgIpc) is 2.17. The van der Waals surface area contributed by atoms with Crippen molar-refractivity contribution in [1.29, 1.82) is 0 Å². The minimum atomic E-state index is 0.488. The number of aldehydes is 1. The van der Waals surface area contributed by atoms with Gasteiger partial charge in [0.15, 0.2) is 6.29 Å². The van der Waals surface area contributed by atoms with Gasteiger partial charge in [0.05, 0.1) is 15.2 Å². The summed E-state index contributed by atoms with van der Waals surface area (Å²) in [7, 11) is 0. The van der Waals surface area contributed by atoms with Crippen molar-refractivity contribution in [2.24, 2.45) is 0 Å². The summed E-state index contributed by atoms with van der Waals surface area (Å²) in [5, 5.41) is 0.571. The maximum atomic E-state index is 10.3. The summed E-state index contributed by atoms with van der Waals surface area (Å²) in [6.45, 7) is 1.81. The third kappa shape index (κ3) is 1.11. The highest BCUT2D eigenvalue weighted by Crippen LogP contribution is 2.28. The van der Waals surface area contributed by atoms with Crippen LogP contribution in [0.15, 0.2) is 4.47 Å². The molecule has 0 unspecified atom stereocenters. The van der Waals surface area contributed by atoms with Gasteiger partial charge in [-0.1, -0.05) is 11.6 Å². The van der Waals surface area contributed by atoms with E-state index in [-0.39, 0.29) is 0 Å². The molecule has 0 fully saturated rings. The monoisotopic (exact) mass is 221 g/mol. The molecule has 0 aliphatic rings. The summed E-state index contributed by atoms with van der Waals surface area (Å²) >= 11 is 8.91. The summed E-state index contributed by atoms with van der Waals surface area (Å²) in [5.41, 5.74) is 1.29. The molecule has 0 spiro atoms. The van der Waals surface area contributed by atoms with Crippen LogP contribution in [0.2, 0.25) is 5.02 Å². The van der Waals surface area contributed by atoms with Crippen molar-refractivity contribution in [3.63, 3.8) is 0 Å². The van der Waals surface area contributed by atoms with Gasteiger partial charge in [-0.25, -0.2) is 0 Å². The van der Waals surface area contributed by atoms with Crippen LogP contribution in [0.1, 0.15) is 16.2 Å². The standard InChI is InChI=1S/C6H5BrClNO/c1-3-6(8)5(7)4(2-10)9-3/h2,9H,1H3. The van der Waals surface area contributed by atoms with Crippen LogP contribution < -0.4 is 0 Å². The first-order valence-corrected chi connectivity index (χ1v) is 3.82. The second kappa shape index (κ2) is 2.76. The van der Waals surface area contributed by atoms with Gasteiger partial charge < -0.3 is 4.98 Å². The van der Waals surface area contributed by atoms with E-state index in [1.807, 2.05) is 0 Å². The molecule has 0 aromatic carbocycles. The van der Waals surface area contributed by atoms with Crippen molar-refractivity contribution in [1.82, 2.24) is 4.98 Å². The molecule has 1 N–H and O–H groups in total. The minimum absolute atomic E-state index is 0.488. The van der Waals surface area contributed by atoms with Gasteiger partial charge in [0.25, 0.3) is 0 Å². The second-order valence-electron chi connectivity index (χ2n) is 1.91. The fourth-order valence-electron chi connectivity index (χ4n) is 0.676. The van der Waals surface area contributed by atoms with Crippen molar-refractivity contribution in [2.75, 3.05) is 0 Å². The quantitative estimate of drug-likeness (QED) is 0.728. The molecule has 0 saturated carbocycles. The lowest BCUT2D eigenvalue weighted by Gasteiger charge is -1.82. The van der Waals surface area contributed by atoms with Gasteiger partial charge in [0.2, 0.25) is 0 Å². The first-order chi connectivity index (χ1) is 4.66. The number of halogens is 2. The molecule has 0 aliphatic heterocycles. The number of hydrogen-bond donors (Lipinski definition) is 1. The van der Waals surface area contributed by atoms with E-state index < -0.39 is 0 Å². The van der Waals surface area contributed by atoms with Crippen molar-refractivity contribution < 1.29 is 4.79 Å². The lowest BCUT2D eigenvalue weighted by atomic mass is 10.4. The van der Waals surface area contributed by atoms with Crippen LogP contribution in [-0.2, 0) is 0 Å². The Balaban J connectivity index is 3.30. The highest BCUT2D eigenvalue weighted by molar-refractivity contribution is 9.10. The Kier molecular flexibility index (Phi) is 2.16. The van der Waals surface area contributed by atoms with Crippen LogP contribution in [0.3, 0.4) is 0 Å². The molecule has 0 atom stereocenters. The molecule has 2 nitrogen and oxygen atoms in total. The molecule has 0 amide bonds. The molecule has 10 heavy (non-hydrogen) atoms. The summed E-state index contributed by atoms with van der Waals surface area (Å²) in [6, 6.07) is 0. The Bertz CT molecular complexity index is 269. The zero-order chi connectivity index (χ0) is 7.72. The lowest BCUT2D eigenvalue weighted by Crippen LogP contribution is -1.78. The predicted octanol–water partition coefficient (Wildman–Crippen LogP) is 2.55. The van der Waals surface area contributed by atoms with Crippen LogP contribution in [-0.4, -0.2) is 11.3 Å². The number of carbonyl (C=O) groups is 1. The molecule has 4 heteroatoms. The normalized spacial score (nSPS) is 9.90. The molecular weight excluding hydrogens is 217 g/mol. The third-order valence-corrected chi connectivity index (χ3v) is 2.72. The number of carbonyl (C=O) groups excluding carboxylic acids is 1. The fourth-order valence-corrected chi connectivity index (χ4v) is 1.31. The molecular formula is C6H5BrClNO. The van der Waals surface area contributed by atoms with Crippen molar-refractivity contribution in [2.45, 2.75) is 6.92 Å². The average molecular weight is 222 g/mol. The molecule has 0 bridgehead atoms. The Morgan fingerprint density at radius 3 is 2.50 bits per heavy atom. The smallest absolute Gasteiger partial charge is 0.167 e. The maximum Gasteiger partial charge on any atom is 0.167 e. The summed E-state index contributed by atoms with van der Waals surface area (Å²) in [4.78, 5) is 13.1. The summed E-state index contributed by atoms with van der Waals surface area (Å²) in [6.07, 6.45) is 0.725. The first-order valence-electron chi connectivity index (χ1n) is 2.65. The molecule has 0 saturated heterocycles. The molecule has 54 valence electrons. The first kappa shape index (κ1) is 7.82. The van der Waals surface area contributed by atoms with Crippen molar-refractivity contribution in [3.8, 4) is 0 Å². The van der Waals surface area contributed by atoms with Crippen molar-refractivity contribution in [3.05, 3.63) is 20.9 Å². The Morgan fingerprint density at radius 1 is 1.70 bits per heavy atom. The molecule has 1 rings (SSSR count). The van der Waals surface area contributed by atoms with E-state index in [2.05, 4.69) is 20.9 Å². The number of H-pyrrole nitrogens is 1. The van der Waals surface area contributed by atoms with E-state index in [1.165, 1.54) is 0 Å². The van der Waals surface area contributed by atoms with Crippen LogP contribution in [0.25, 0.3) is 0 Å². The molecule has 1 heterocycles. The van der Waals surface area contributed by atoms with Crippen LogP contribution in [0.5, 0.6) is 0 Å². The Morgan fingerprint density at radius 2 is 2.30 bits per heavy atom. The van der Waals surface area contributed by atoms with Gasteiger partial charge in [0.1, 0.15) is 0 Å². The largest absolute Gasteiger partial charge is 0.354 e. The predicted molar refractivity (Wildman–Crippen MR) is 43.6 cm³/mol. The van der Waals surface area contributed by atoms with E-state index in [1.54, 1.807) is 6.92 Å². The number of aryl methyl sites for hydroxylation is 1. The maximum absolute atomic E-state index is 10.3. The summed E-state index contributed by atoms with van der Waals surface area (Å²) < 4.78 is 0.640. The van der Waals surface area contributed by atoms with Crippen LogP contribution in [0, 0.1) is 6.92 Å².